The van der Waals surface area contributed by atoms with Gasteiger partial charge in [-0.05, 0) is 24.0 Å². The molecule has 0 spiro atoms. The maximum atomic E-state index is 3.27. The Morgan fingerprint density at radius 3 is 1.53 bits per heavy atom. The first-order valence-corrected chi connectivity index (χ1v) is 8.24. The van der Waals surface area contributed by atoms with Crippen LogP contribution >= 0.6 is 24.8 Å². The molecule has 3 rings (SSSR count). The fourth-order valence-corrected chi connectivity index (χ4v) is 2.25. The Bertz CT molecular complexity index is 540. The van der Waals surface area contributed by atoms with Crippen LogP contribution < -0.4 is 5.32 Å². The van der Waals surface area contributed by atoms with E-state index in [9.17, 15) is 0 Å². The number of hydrogen-bond acceptors (Lipinski definition) is 1. The summed E-state index contributed by atoms with van der Waals surface area (Å²) >= 11 is 0. The number of nitrogens with one attached hydrogen (secondary N) is 1. The number of allylic oxidation sites excluding steroid dienone is 4. The first kappa shape index (κ1) is 47.0. The van der Waals surface area contributed by atoms with E-state index in [2.05, 4.69) is 55.6 Å². The molecular weight excluding hydrogens is 445 g/mol. The van der Waals surface area contributed by atoms with Crippen LogP contribution in [0.3, 0.4) is 0 Å². The number of halogens is 2. The van der Waals surface area contributed by atoms with Gasteiger partial charge in [-0.3, -0.25) is 6.08 Å². The second-order valence-corrected chi connectivity index (χ2v) is 4.99. The van der Waals surface area contributed by atoms with Gasteiger partial charge in [0.05, 0.1) is 0 Å². The molecule has 30 heavy (non-hydrogen) atoms. The summed E-state index contributed by atoms with van der Waals surface area (Å²) in [5, 5.41) is 3.27. The van der Waals surface area contributed by atoms with Crippen LogP contribution in [0.15, 0.2) is 66.8 Å². The third-order valence-corrected chi connectivity index (χ3v) is 3.44. The zero-order chi connectivity index (χ0) is 16.8. The van der Waals surface area contributed by atoms with Gasteiger partial charge in [0.1, 0.15) is 0 Å². The monoisotopic (exact) mass is 485 g/mol. The molecular formula is C26H41Cl2NTi-6. The number of hydrogen-bond donors (Lipinski definition) is 1. The molecule has 0 atom stereocenters. The Kier molecular flexibility index (Phi) is 51.2. The first-order valence-electron chi connectivity index (χ1n) is 8.24. The third kappa shape index (κ3) is 20.3. The molecule has 0 unspecified atom stereocenters. The van der Waals surface area contributed by atoms with Crippen molar-refractivity contribution >= 4 is 30.5 Å². The van der Waals surface area contributed by atoms with Crippen molar-refractivity contribution in [1.29, 1.82) is 0 Å². The smallest absolute Gasteiger partial charge is 0.0402 e. The van der Waals surface area contributed by atoms with Crippen molar-refractivity contribution in [3.63, 3.8) is 0 Å². The molecule has 4 heteroatoms. The van der Waals surface area contributed by atoms with Crippen molar-refractivity contribution in [1.82, 2.24) is 0 Å². The van der Waals surface area contributed by atoms with Gasteiger partial charge in [0.2, 0.25) is 0 Å². The van der Waals surface area contributed by atoms with Crippen LogP contribution in [0.5, 0.6) is 0 Å². The van der Waals surface area contributed by atoms with Gasteiger partial charge in [-0.25, -0.2) is 12.2 Å². The summed E-state index contributed by atoms with van der Waals surface area (Å²) in [6.07, 6.45) is 12.2. The molecule has 0 saturated carbocycles. The molecule has 0 radical (unpaired) electrons. The largest absolute Gasteiger partial charge is 0.388 e. The Morgan fingerprint density at radius 2 is 1.33 bits per heavy atom. The van der Waals surface area contributed by atoms with E-state index in [0.29, 0.717) is 0 Å². The molecule has 1 aliphatic rings. The number of para-hydroxylation sites is 1. The molecule has 2 aromatic rings. The SMILES string of the molecule is CCc1cccc(CC)c1NC.Cl.Cl.[C-]1=CC=CC1.[CH3-].[CH3-].[CH3-].[CH3-].[Ti].[c-]1ccccc1. The Labute approximate surface area is 216 Å². The fourth-order valence-electron chi connectivity index (χ4n) is 2.25. The summed E-state index contributed by atoms with van der Waals surface area (Å²) in [6.45, 7) is 4.38. The number of rotatable bonds is 3. The van der Waals surface area contributed by atoms with Crippen molar-refractivity contribution in [2.45, 2.75) is 33.1 Å². The van der Waals surface area contributed by atoms with Gasteiger partial charge < -0.3 is 35.0 Å². The molecule has 1 aliphatic carbocycles. The molecule has 0 heterocycles. The summed E-state index contributed by atoms with van der Waals surface area (Å²) in [5.74, 6) is 0. The summed E-state index contributed by atoms with van der Waals surface area (Å²) in [5.41, 5.74) is 4.15. The van der Waals surface area contributed by atoms with Crippen molar-refractivity contribution in [2.24, 2.45) is 0 Å². The molecule has 0 aliphatic heterocycles. The fraction of sp³-hybridized carbons (Fsp3) is 0.231. The zero-order valence-electron chi connectivity index (χ0n) is 19.8. The van der Waals surface area contributed by atoms with E-state index in [1.807, 2.05) is 49.5 Å². The minimum Gasteiger partial charge on any atom is -0.388 e. The molecule has 0 amide bonds. The van der Waals surface area contributed by atoms with Crippen molar-refractivity contribution < 1.29 is 21.7 Å². The summed E-state index contributed by atoms with van der Waals surface area (Å²) < 4.78 is 0. The normalized spacial score (nSPS) is 8.50. The van der Waals surface area contributed by atoms with E-state index in [4.69, 9.17) is 0 Å². The predicted octanol–water partition coefficient (Wildman–Crippen LogP) is 8.29. The van der Waals surface area contributed by atoms with Crippen LogP contribution in [-0.2, 0) is 34.6 Å². The second kappa shape index (κ2) is 32.7. The average Bonchev–Trinajstić information content (AvgIpc) is 3.22. The van der Waals surface area contributed by atoms with Crippen LogP contribution in [0.4, 0.5) is 5.69 Å². The van der Waals surface area contributed by atoms with Crippen LogP contribution in [0.1, 0.15) is 31.4 Å². The van der Waals surface area contributed by atoms with E-state index >= 15 is 0 Å². The topological polar surface area (TPSA) is 12.0 Å². The molecule has 2 aromatic carbocycles. The van der Waals surface area contributed by atoms with Crippen molar-refractivity contribution in [2.75, 3.05) is 12.4 Å². The summed E-state index contributed by atoms with van der Waals surface area (Å²) in [6, 6.07) is 19.0. The number of anilines is 1. The van der Waals surface area contributed by atoms with E-state index < -0.39 is 0 Å². The zero-order valence-corrected chi connectivity index (χ0v) is 23.0. The standard InChI is InChI=1S/C11H17N.C6H5.C5H5.4CH3.2ClH.Ti/c1-4-9-7-6-8-10(5-2)11(9)12-3;1-2-4-6-5-3-1;1-2-4-5-3-1;;;;;;;/h6-8,12H,4-5H2,1-3H3;1-5H;1-3H,4H2;4*1H3;2*1H;/q;6*-1;;;. The van der Waals surface area contributed by atoms with E-state index in [-0.39, 0.29) is 76.2 Å². The van der Waals surface area contributed by atoms with Crippen LogP contribution in [0, 0.1) is 41.8 Å². The number of aryl methyl sites for hydroxylation is 2. The minimum absolute atomic E-state index is 0. The Hall–Kier alpha value is -0.986. The summed E-state index contributed by atoms with van der Waals surface area (Å²) in [4.78, 5) is 0. The molecule has 1 N–H and O–H groups in total. The van der Waals surface area contributed by atoms with Gasteiger partial charge >= 0.3 is 0 Å². The van der Waals surface area contributed by atoms with Gasteiger partial charge in [0.15, 0.2) is 0 Å². The maximum Gasteiger partial charge on any atom is 0.0402 e. The molecule has 174 valence electrons. The predicted molar refractivity (Wildman–Crippen MR) is 142 cm³/mol. The molecule has 0 fully saturated rings. The van der Waals surface area contributed by atoms with Crippen LogP contribution in [0.25, 0.3) is 0 Å². The third-order valence-electron chi connectivity index (χ3n) is 3.44. The Morgan fingerprint density at radius 1 is 0.833 bits per heavy atom. The minimum atomic E-state index is 0. The molecule has 0 bridgehead atoms. The van der Waals surface area contributed by atoms with Gasteiger partial charge in [-0.1, -0.05) is 32.0 Å². The van der Waals surface area contributed by atoms with Gasteiger partial charge in [0.25, 0.3) is 0 Å². The van der Waals surface area contributed by atoms with Gasteiger partial charge in [0, 0.05) is 34.5 Å². The molecule has 0 aromatic heterocycles. The average molecular weight is 486 g/mol. The van der Waals surface area contributed by atoms with Gasteiger partial charge in [-0.2, -0.15) is 42.5 Å². The maximum absolute atomic E-state index is 3.27. The van der Waals surface area contributed by atoms with E-state index in [1.54, 1.807) is 0 Å². The molecule has 0 saturated heterocycles. The van der Waals surface area contributed by atoms with Crippen molar-refractivity contribution in [3.05, 3.63) is 120 Å². The van der Waals surface area contributed by atoms with Gasteiger partial charge in [-0.15, -0.1) is 31.2 Å². The van der Waals surface area contributed by atoms with Crippen LogP contribution in [-0.4, -0.2) is 7.05 Å². The van der Waals surface area contributed by atoms with E-state index in [0.717, 1.165) is 19.3 Å². The number of benzene rings is 2. The quantitative estimate of drug-likeness (QED) is 0.340. The van der Waals surface area contributed by atoms with Crippen molar-refractivity contribution in [3.8, 4) is 0 Å². The first-order chi connectivity index (χ1) is 11.3. The van der Waals surface area contributed by atoms with E-state index in [1.165, 1.54) is 16.8 Å². The Balaban J connectivity index is -0.0000000514. The second-order valence-electron chi connectivity index (χ2n) is 4.99. The molecule has 1 nitrogen and oxygen atoms in total. The summed E-state index contributed by atoms with van der Waals surface area (Å²) in [7, 11) is 1.99. The van der Waals surface area contributed by atoms with Crippen LogP contribution in [0.2, 0.25) is 0 Å².